The van der Waals surface area contributed by atoms with Crippen LogP contribution in [0.4, 0.5) is 10.2 Å². The van der Waals surface area contributed by atoms with Crippen molar-refractivity contribution < 1.29 is 4.39 Å². The molecule has 0 aliphatic carbocycles. The average Bonchev–Trinajstić information content (AvgIpc) is 2.36. The molecule has 0 fully saturated rings. The van der Waals surface area contributed by atoms with Gasteiger partial charge in [0.05, 0.1) is 9.26 Å². The van der Waals surface area contributed by atoms with Gasteiger partial charge in [-0.2, -0.15) is 0 Å². The predicted octanol–water partition coefficient (Wildman–Crippen LogP) is 3.52. The first-order chi connectivity index (χ1) is 8.99. The van der Waals surface area contributed by atoms with Crippen LogP contribution in [0.1, 0.15) is 36.8 Å². The van der Waals surface area contributed by atoms with E-state index < -0.39 is 0 Å². The minimum atomic E-state index is -0.241. The van der Waals surface area contributed by atoms with E-state index >= 15 is 0 Å². The van der Waals surface area contributed by atoms with E-state index in [0.717, 1.165) is 9.26 Å². The number of nitrogens with zero attached hydrogens (tertiary/aromatic N) is 2. The molecule has 2 rings (SSSR count). The van der Waals surface area contributed by atoms with E-state index in [9.17, 15) is 4.39 Å². The SMILES string of the molecule is CC(C)c1nc(Cc2ccccc2F)nc(N)c1I. The van der Waals surface area contributed by atoms with Crippen molar-refractivity contribution in [1.29, 1.82) is 0 Å². The lowest BCUT2D eigenvalue weighted by Gasteiger charge is -2.11. The molecule has 2 N–H and O–H groups in total. The third kappa shape index (κ3) is 3.20. The maximum atomic E-state index is 13.6. The van der Waals surface area contributed by atoms with Crippen molar-refractivity contribution >= 4 is 28.4 Å². The maximum absolute atomic E-state index is 13.6. The van der Waals surface area contributed by atoms with Crippen LogP contribution in [0, 0.1) is 9.39 Å². The third-order valence-electron chi connectivity index (χ3n) is 2.80. The summed E-state index contributed by atoms with van der Waals surface area (Å²) in [5, 5.41) is 0. The van der Waals surface area contributed by atoms with Crippen LogP contribution in [0.5, 0.6) is 0 Å². The van der Waals surface area contributed by atoms with Crippen molar-refractivity contribution in [3.63, 3.8) is 0 Å². The lowest BCUT2D eigenvalue weighted by molar-refractivity contribution is 0.611. The van der Waals surface area contributed by atoms with Crippen LogP contribution in [-0.2, 0) is 6.42 Å². The molecule has 0 bridgehead atoms. The molecule has 100 valence electrons. The zero-order valence-electron chi connectivity index (χ0n) is 10.8. The van der Waals surface area contributed by atoms with Gasteiger partial charge in [-0.05, 0) is 40.1 Å². The minimum Gasteiger partial charge on any atom is -0.383 e. The van der Waals surface area contributed by atoms with Gasteiger partial charge in [-0.25, -0.2) is 14.4 Å². The van der Waals surface area contributed by atoms with Crippen molar-refractivity contribution in [2.24, 2.45) is 0 Å². The number of nitrogen functional groups attached to an aromatic ring is 1. The predicted molar refractivity (Wildman–Crippen MR) is 82.5 cm³/mol. The maximum Gasteiger partial charge on any atom is 0.140 e. The highest BCUT2D eigenvalue weighted by atomic mass is 127. The van der Waals surface area contributed by atoms with Crippen molar-refractivity contribution in [2.75, 3.05) is 5.73 Å². The molecule has 2 aromatic rings. The molecule has 1 aromatic heterocycles. The molecule has 5 heteroatoms. The van der Waals surface area contributed by atoms with Crippen LogP contribution >= 0.6 is 22.6 Å². The van der Waals surface area contributed by atoms with Gasteiger partial charge in [-0.3, -0.25) is 0 Å². The summed E-state index contributed by atoms with van der Waals surface area (Å²) in [7, 11) is 0. The number of hydrogen-bond donors (Lipinski definition) is 1. The number of nitrogens with two attached hydrogens (primary N) is 1. The van der Waals surface area contributed by atoms with Crippen LogP contribution in [0.25, 0.3) is 0 Å². The number of hydrogen-bond acceptors (Lipinski definition) is 3. The summed E-state index contributed by atoms with van der Waals surface area (Å²) in [6.07, 6.45) is 0.355. The molecule has 0 aliphatic rings. The van der Waals surface area contributed by atoms with Gasteiger partial charge in [0.15, 0.2) is 0 Å². The zero-order valence-corrected chi connectivity index (χ0v) is 13.0. The summed E-state index contributed by atoms with van der Waals surface area (Å²) < 4.78 is 14.5. The second-order valence-electron chi connectivity index (χ2n) is 4.65. The lowest BCUT2D eigenvalue weighted by Crippen LogP contribution is -2.09. The first-order valence-corrected chi connectivity index (χ1v) is 7.12. The van der Waals surface area contributed by atoms with E-state index in [1.165, 1.54) is 6.07 Å². The fourth-order valence-corrected chi connectivity index (χ4v) is 2.67. The van der Waals surface area contributed by atoms with Crippen LogP contribution < -0.4 is 5.73 Å². The Morgan fingerprint density at radius 1 is 1.26 bits per heavy atom. The Hall–Kier alpha value is -1.24. The number of halogens is 2. The standard InChI is InChI=1S/C14H15FIN3/c1-8(2)13-12(16)14(17)19-11(18-13)7-9-5-3-4-6-10(9)15/h3-6,8H,7H2,1-2H3,(H2,17,18,19). The molecule has 0 spiro atoms. The fraction of sp³-hybridized carbons (Fsp3) is 0.286. The van der Waals surface area contributed by atoms with Crippen molar-refractivity contribution in [1.82, 2.24) is 9.97 Å². The summed E-state index contributed by atoms with van der Waals surface area (Å²) in [6, 6.07) is 6.65. The van der Waals surface area contributed by atoms with Gasteiger partial charge in [-0.1, -0.05) is 32.0 Å². The molecule has 0 amide bonds. The number of anilines is 1. The van der Waals surface area contributed by atoms with Crippen LogP contribution in [-0.4, -0.2) is 9.97 Å². The molecule has 1 aromatic carbocycles. The van der Waals surface area contributed by atoms with E-state index in [1.54, 1.807) is 18.2 Å². The van der Waals surface area contributed by atoms with E-state index in [0.29, 0.717) is 23.6 Å². The lowest BCUT2D eigenvalue weighted by atomic mass is 10.1. The molecule has 0 radical (unpaired) electrons. The Labute approximate surface area is 125 Å². The van der Waals surface area contributed by atoms with Crippen molar-refractivity contribution in [3.8, 4) is 0 Å². The molecule has 0 atom stereocenters. The Balaban J connectivity index is 2.39. The number of benzene rings is 1. The minimum absolute atomic E-state index is 0.241. The normalized spacial score (nSPS) is 11.0. The van der Waals surface area contributed by atoms with E-state index in [2.05, 4.69) is 46.4 Å². The Morgan fingerprint density at radius 2 is 1.95 bits per heavy atom. The highest BCUT2D eigenvalue weighted by molar-refractivity contribution is 14.1. The summed E-state index contributed by atoms with van der Waals surface area (Å²) in [4.78, 5) is 8.75. The summed E-state index contributed by atoms with van der Waals surface area (Å²) in [6.45, 7) is 4.10. The Bertz CT molecular complexity index is 599. The van der Waals surface area contributed by atoms with Gasteiger partial charge < -0.3 is 5.73 Å². The summed E-state index contributed by atoms with van der Waals surface area (Å²) >= 11 is 2.15. The molecule has 0 aliphatic heterocycles. The molecule has 0 unspecified atom stereocenters. The first kappa shape index (κ1) is 14.2. The van der Waals surface area contributed by atoms with Crippen molar-refractivity contribution in [3.05, 3.63) is 50.7 Å². The summed E-state index contributed by atoms with van der Waals surface area (Å²) in [5.74, 6) is 1.04. The number of rotatable bonds is 3. The van der Waals surface area contributed by atoms with E-state index in [-0.39, 0.29) is 11.7 Å². The Kier molecular flexibility index (Phi) is 4.34. The zero-order chi connectivity index (χ0) is 14.0. The quantitative estimate of drug-likeness (QED) is 0.841. The monoisotopic (exact) mass is 371 g/mol. The molecule has 3 nitrogen and oxygen atoms in total. The topological polar surface area (TPSA) is 51.8 Å². The van der Waals surface area contributed by atoms with Gasteiger partial charge in [0.25, 0.3) is 0 Å². The summed E-state index contributed by atoms with van der Waals surface area (Å²) in [5.41, 5.74) is 7.40. The number of aromatic nitrogens is 2. The van der Waals surface area contributed by atoms with Crippen LogP contribution in [0.2, 0.25) is 0 Å². The van der Waals surface area contributed by atoms with Gasteiger partial charge in [0.2, 0.25) is 0 Å². The van der Waals surface area contributed by atoms with E-state index in [4.69, 9.17) is 5.73 Å². The molecule has 1 heterocycles. The van der Waals surface area contributed by atoms with Crippen molar-refractivity contribution in [2.45, 2.75) is 26.2 Å². The molecule has 0 saturated heterocycles. The molecular formula is C14H15FIN3. The second kappa shape index (κ2) is 5.81. The first-order valence-electron chi connectivity index (χ1n) is 6.04. The van der Waals surface area contributed by atoms with Gasteiger partial charge in [0, 0.05) is 6.42 Å². The van der Waals surface area contributed by atoms with Gasteiger partial charge in [-0.15, -0.1) is 0 Å². The third-order valence-corrected chi connectivity index (χ3v) is 3.91. The molecular weight excluding hydrogens is 356 g/mol. The highest BCUT2D eigenvalue weighted by Gasteiger charge is 2.14. The Morgan fingerprint density at radius 3 is 2.58 bits per heavy atom. The van der Waals surface area contributed by atoms with Crippen LogP contribution in [0.3, 0.4) is 0 Å². The largest absolute Gasteiger partial charge is 0.383 e. The van der Waals surface area contributed by atoms with Gasteiger partial charge >= 0.3 is 0 Å². The highest BCUT2D eigenvalue weighted by Crippen LogP contribution is 2.24. The molecule has 0 saturated carbocycles. The second-order valence-corrected chi connectivity index (χ2v) is 5.73. The van der Waals surface area contributed by atoms with Gasteiger partial charge in [0.1, 0.15) is 17.5 Å². The van der Waals surface area contributed by atoms with Crippen LogP contribution in [0.15, 0.2) is 24.3 Å². The smallest absolute Gasteiger partial charge is 0.140 e. The van der Waals surface area contributed by atoms with E-state index in [1.807, 2.05) is 0 Å². The molecule has 19 heavy (non-hydrogen) atoms. The average molecular weight is 371 g/mol. The fourth-order valence-electron chi connectivity index (χ4n) is 1.81.